The van der Waals surface area contributed by atoms with Gasteiger partial charge in [-0.25, -0.2) is 8.78 Å². The van der Waals surface area contributed by atoms with Crippen LogP contribution >= 0.6 is 15.9 Å². The van der Waals surface area contributed by atoms with E-state index in [0.29, 0.717) is 17.7 Å². The Morgan fingerprint density at radius 3 is 2.53 bits per heavy atom. The Hall–Kier alpha value is -1.42. The predicted octanol–water partition coefficient (Wildman–Crippen LogP) is 5.29. The molecule has 4 heteroatoms. The number of hydrogen-bond donors (Lipinski definition) is 1. The molecule has 2 aromatic carbocycles. The van der Waals surface area contributed by atoms with Gasteiger partial charge in [-0.3, -0.25) is 0 Å². The Kier molecular flexibility index (Phi) is 4.53. The lowest BCUT2D eigenvalue weighted by molar-refractivity contribution is 0.582. The first-order valence-electron chi connectivity index (χ1n) is 6.08. The van der Waals surface area contributed by atoms with E-state index >= 15 is 0 Å². The van der Waals surface area contributed by atoms with Crippen LogP contribution in [0.25, 0.3) is 0 Å². The van der Waals surface area contributed by atoms with Crippen molar-refractivity contribution in [2.75, 3.05) is 5.32 Å². The van der Waals surface area contributed by atoms with Gasteiger partial charge in [0.1, 0.15) is 11.6 Å². The fourth-order valence-corrected chi connectivity index (χ4v) is 2.31. The van der Waals surface area contributed by atoms with Crippen molar-refractivity contribution in [3.8, 4) is 0 Å². The highest BCUT2D eigenvalue weighted by atomic mass is 79.9. The zero-order chi connectivity index (χ0) is 13.8. The molecule has 1 nitrogen and oxygen atoms in total. The molecular weight excluding hydrogens is 312 g/mol. The first kappa shape index (κ1) is 14.0. The Morgan fingerprint density at radius 2 is 1.84 bits per heavy atom. The number of nitrogens with one attached hydrogen (secondary N) is 1. The van der Waals surface area contributed by atoms with Crippen LogP contribution in [-0.4, -0.2) is 0 Å². The molecule has 0 spiro atoms. The molecule has 0 saturated heterocycles. The number of hydrogen-bond acceptors (Lipinski definition) is 1. The average molecular weight is 326 g/mol. The second-order valence-corrected chi connectivity index (χ2v) is 5.17. The van der Waals surface area contributed by atoms with Crippen LogP contribution in [0, 0.1) is 11.6 Å². The molecule has 1 atom stereocenters. The lowest BCUT2D eigenvalue weighted by Crippen LogP contribution is -2.12. The molecule has 0 aliphatic rings. The van der Waals surface area contributed by atoms with Crippen molar-refractivity contribution in [2.24, 2.45) is 0 Å². The summed E-state index contributed by atoms with van der Waals surface area (Å²) in [5.74, 6) is -0.629. The highest BCUT2D eigenvalue weighted by Crippen LogP contribution is 2.28. The highest BCUT2D eigenvalue weighted by molar-refractivity contribution is 9.10. The van der Waals surface area contributed by atoms with Crippen molar-refractivity contribution in [3.05, 3.63) is 64.1 Å². The van der Waals surface area contributed by atoms with Crippen molar-refractivity contribution in [2.45, 2.75) is 19.4 Å². The molecule has 0 aliphatic heterocycles. The van der Waals surface area contributed by atoms with Gasteiger partial charge in [-0.05, 0) is 30.7 Å². The number of rotatable bonds is 4. The largest absolute Gasteiger partial charge is 0.376 e. The average Bonchev–Trinajstić information content (AvgIpc) is 2.41. The summed E-state index contributed by atoms with van der Waals surface area (Å²) in [6, 6.07) is 10.9. The fraction of sp³-hybridized carbons (Fsp3) is 0.200. The SMILES string of the molecule is CCC(Nc1cc(Br)ccc1F)c1ccccc1F. The maximum Gasteiger partial charge on any atom is 0.146 e. The van der Waals surface area contributed by atoms with Gasteiger partial charge >= 0.3 is 0 Å². The van der Waals surface area contributed by atoms with E-state index in [1.165, 1.54) is 12.1 Å². The van der Waals surface area contributed by atoms with Gasteiger partial charge in [-0.15, -0.1) is 0 Å². The van der Waals surface area contributed by atoms with Gasteiger partial charge in [-0.2, -0.15) is 0 Å². The van der Waals surface area contributed by atoms with Gasteiger partial charge < -0.3 is 5.32 Å². The van der Waals surface area contributed by atoms with E-state index in [1.807, 2.05) is 6.92 Å². The van der Waals surface area contributed by atoms with Gasteiger partial charge in [0.2, 0.25) is 0 Å². The standard InChI is InChI=1S/C15H14BrF2N/c1-2-14(11-5-3-4-6-12(11)17)19-15-9-10(16)7-8-13(15)18/h3-9,14,19H,2H2,1H3. The second kappa shape index (κ2) is 6.15. The van der Waals surface area contributed by atoms with Gasteiger partial charge in [0.15, 0.2) is 0 Å². The lowest BCUT2D eigenvalue weighted by Gasteiger charge is -2.20. The fourth-order valence-electron chi connectivity index (χ4n) is 1.95. The summed E-state index contributed by atoms with van der Waals surface area (Å²) < 4.78 is 28.2. The van der Waals surface area contributed by atoms with Crippen LogP contribution in [0.5, 0.6) is 0 Å². The molecule has 100 valence electrons. The van der Waals surface area contributed by atoms with E-state index in [0.717, 1.165) is 4.47 Å². The zero-order valence-electron chi connectivity index (χ0n) is 10.5. The molecule has 2 rings (SSSR count). The van der Waals surface area contributed by atoms with Crippen LogP contribution in [0.3, 0.4) is 0 Å². The maximum absolute atomic E-state index is 13.8. The second-order valence-electron chi connectivity index (χ2n) is 4.25. The normalized spacial score (nSPS) is 12.2. The number of anilines is 1. The molecule has 19 heavy (non-hydrogen) atoms. The van der Waals surface area contributed by atoms with Crippen LogP contribution in [0.2, 0.25) is 0 Å². The molecule has 0 saturated carbocycles. The topological polar surface area (TPSA) is 12.0 Å². The Bertz CT molecular complexity index is 572. The quantitative estimate of drug-likeness (QED) is 0.805. The van der Waals surface area contributed by atoms with E-state index in [1.54, 1.807) is 30.3 Å². The molecule has 1 unspecified atom stereocenters. The van der Waals surface area contributed by atoms with Crippen molar-refractivity contribution in [1.82, 2.24) is 0 Å². The minimum absolute atomic E-state index is 0.259. The van der Waals surface area contributed by atoms with Gasteiger partial charge in [-0.1, -0.05) is 41.1 Å². The summed E-state index contributed by atoms with van der Waals surface area (Å²) in [5, 5.41) is 3.05. The molecule has 0 heterocycles. The van der Waals surface area contributed by atoms with E-state index in [2.05, 4.69) is 21.2 Å². The molecule has 0 radical (unpaired) electrons. The Morgan fingerprint density at radius 1 is 1.11 bits per heavy atom. The molecule has 0 aromatic heterocycles. The van der Waals surface area contributed by atoms with Crippen LogP contribution in [0.15, 0.2) is 46.9 Å². The smallest absolute Gasteiger partial charge is 0.146 e. The summed E-state index contributed by atoms with van der Waals surface area (Å²) in [7, 11) is 0. The predicted molar refractivity (Wildman–Crippen MR) is 77.2 cm³/mol. The third kappa shape index (κ3) is 3.32. The Balaban J connectivity index is 2.29. The molecular formula is C15H14BrF2N. The summed E-state index contributed by atoms with van der Waals surface area (Å²) >= 11 is 3.30. The van der Waals surface area contributed by atoms with E-state index in [9.17, 15) is 8.78 Å². The summed E-state index contributed by atoms with van der Waals surface area (Å²) in [6.45, 7) is 1.93. The monoisotopic (exact) mass is 325 g/mol. The van der Waals surface area contributed by atoms with E-state index in [4.69, 9.17) is 0 Å². The minimum atomic E-state index is -0.349. The summed E-state index contributed by atoms with van der Waals surface area (Å²) in [6.07, 6.45) is 0.660. The third-order valence-corrected chi connectivity index (χ3v) is 3.44. The van der Waals surface area contributed by atoms with Crippen molar-refractivity contribution in [1.29, 1.82) is 0 Å². The van der Waals surface area contributed by atoms with Gasteiger partial charge in [0.25, 0.3) is 0 Å². The van der Waals surface area contributed by atoms with Crippen LogP contribution in [-0.2, 0) is 0 Å². The van der Waals surface area contributed by atoms with E-state index < -0.39 is 0 Å². The molecule has 0 bridgehead atoms. The summed E-state index contributed by atoms with van der Waals surface area (Å²) in [5.41, 5.74) is 0.911. The Labute approximate surface area is 119 Å². The molecule has 1 N–H and O–H groups in total. The minimum Gasteiger partial charge on any atom is -0.376 e. The summed E-state index contributed by atoms with van der Waals surface area (Å²) in [4.78, 5) is 0. The van der Waals surface area contributed by atoms with Gasteiger partial charge in [0, 0.05) is 10.0 Å². The highest BCUT2D eigenvalue weighted by Gasteiger charge is 2.15. The van der Waals surface area contributed by atoms with E-state index in [-0.39, 0.29) is 17.7 Å². The molecule has 2 aromatic rings. The van der Waals surface area contributed by atoms with Crippen molar-refractivity contribution in [3.63, 3.8) is 0 Å². The van der Waals surface area contributed by atoms with Crippen LogP contribution in [0.1, 0.15) is 24.9 Å². The van der Waals surface area contributed by atoms with Gasteiger partial charge in [0.05, 0.1) is 11.7 Å². The molecule has 0 amide bonds. The number of halogens is 3. The van der Waals surface area contributed by atoms with Crippen LogP contribution < -0.4 is 5.32 Å². The maximum atomic E-state index is 13.8. The first-order chi connectivity index (χ1) is 9.11. The lowest BCUT2D eigenvalue weighted by atomic mass is 10.0. The van der Waals surface area contributed by atoms with Crippen molar-refractivity contribution < 1.29 is 8.78 Å². The van der Waals surface area contributed by atoms with Crippen molar-refractivity contribution >= 4 is 21.6 Å². The molecule has 0 aliphatic carbocycles. The molecule has 0 fully saturated rings. The first-order valence-corrected chi connectivity index (χ1v) is 6.87. The van der Waals surface area contributed by atoms with Crippen LogP contribution in [0.4, 0.5) is 14.5 Å². The third-order valence-electron chi connectivity index (χ3n) is 2.95. The zero-order valence-corrected chi connectivity index (χ0v) is 12.0. The number of benzene rings is 2.